The predicted octanol–water partition coefficient (Wildman–Crippen LogP) is 2.16. The van der Waals surface area contributed by atoms with E-state index in [-0.39, 0.29) is 5.91 Å². The van der Waals surface area contributed by atoms with Gasteiger partial charge in [0, 0.05) is 6.20 Å². The van der Waals surface area contributed by atoms with Crippen molar-refractivity contribution in [2.75, 3.05) is 5.32 Å². The van der Waals surface area contributed by atoms with Gasteiger partial charge in [-0.2, -0.15) is 0 Å². The van der Waals surface area contributed by atoms with Crippen molar-refractivity contribution in [2.45, 2.75) is 26.2 Å². The minimum atomic E-state index is -0.882. The molecule has 102 valence electrons. The molecule has 1 aliphatic rings. The summed E-state index contributed by atoms with van der Waals surface area (Å²) >= 11 is 0. The maximum Gasteiger partial charge on any atom is 0.307 e. The fourth-order valence-corrected chi connectivity index (χ4v) is 2.62. The lowest BCUT2D eigenvalue weighted by molar-refractivity contribution is -0.148. The normalized spacial score (nSPS) is 26.7. The van der Waals surface area contributed by atoms with E-state index in [1.165, 1.54) is 0 Å². The molecule has 1 saturated carbocycles. The van der Waals surface area contributed by atoms with Crippen LogP contribution in [0.1, 0.15) is 26.2 Å². The Morgan fingerprint density at radius 3 is 2.74 bits per heavy atom. The summed E-state index contributed by atoms with van der Waals surface area (Å²) < 4.78 is 0. The number of amides is 1. The average molecular weight is 262 g/mol. The SMILES string of the molecule is CC1CCC(C(=O)Nc2ccccn2)C(C(=O)O)C1. The molecule has 1 fully saturated rings. The van der Waals surface area contributed by atoms with Crippen LogP contribution in [-0.2, 0) is 9.59 Å². The molecule has 3 unspecified atom stereocenters. The molecule has 5 heteroatoms. The molecular formula is C14H18N2O3. The summed E-state index contributed by atoms with van der Waals surface area (Å²) in [6, 6.07) is 5.23. The summed E-state index contributed by atoms with van der Waals surface area (Å²) in [5, 5.41) is 11.9. The highest BCUT2D eigenvalue weighted by Crippen LogP contribution is 2.34. The van der Waals surface area contributed by atoms with Crippen molar-refractivity contribution in [3.8, 4) is 0 Å². The van der Waals surface area contributed by atoms with Crippen LogP contribution in [0.4, 0.5) is 5.82 Å². The van der Waals surface area contributed by atoms with E-state index in [2.05, 4.69) is 10.3 Å². The zero-order valence-electron chi connectivity index (χ0n) is 10.9. The number of carboxylic acids is 1. The molecule has 5 nitrogen and oxygen atoms in total. The zero-order chi connectivity index (χ0) is 13.8. The molecule has 1 amide bonds. The van der Waals surface area contributed by atoms with Crippen molar-refractivity contribution in [1.29, 1.82) is 0 Å². The number of aliphatic carboxylic acids is 1. The molecular weight excluding hydrogens is 244 g/mol. The van der Waals surface area contributed by atoms with E-state index in [0.717, 1.165) is 6.42 Å². The second-order valence-electron chi connectivity index (χ2n) is 5.17. The largest absolute Gasteiger partial charge is 0.481 e. The highest BCUT2D eigenvalue weighted by Gasteiger charge is 2.38. The first kappa shape index (κ1) is 13.5. The molecule has 3 atom stereocenters. The molecule has 1 heterocycles. The number of carbonyl (C=O) groups is 2. The van der Waals surface area contributed by atoms with E-state index in [4.69, 9.17) is 0 Å². The van der Waals surface area contributed by atoms with Gasteiger partial charge in [0.15, 0.2) is 0 Å². The van der Waals surface area contributed by atoms with Gasteiger partial charge in [-0.15, -0.1) is 0 Å². The van der Waals surface area contributed by atoms with E-state index in [9.17, 15) is 14.7 Å². The van der Waals surface area contributed by atoms with Crippen LogP contribution in [0, 0.1) is 17.8 Å². The number of nitrogens with zero attached hydrogens (tertiary/aromatic N) is 1. The van der Waals surface area contributed by atoms with Crippen LogP contribution in [0.25, 0.3) is 0 Å². The van der Waals surface area contributed by atoms with Gasteiger partial charge in [-0.25, -0.2) is 4.98 Å². The molecule has 2 N–H and O–H groups in total. The van der Waals surface area contributed by atoms with Gasteiger partial charge in [-0.3, -0.25) is 9.59 Å². The van der Waals surface area contributed by atoms with Crippen LogP contribution in [0.3, 0.4) is 0 Å². The lowest BCUT2D eigenvalue weighted by atomic mass is 9.74. The standard InChI is InChI=1S/C14H18N2O3/c1-9-5-6-10(11(8-9)14(18)19)13(17)16-12-4-2-3-7-15-12/h2-4,7,9-11H,5-6,8H2,1H3,(H,18,19)(H,15,16,17). The van der Waals surface area contributed by atoms with Crippen LogP contribution >= 0.6 is 0 Å². The first-order valence-electron chi connectivity index (χ1n) is 6.52. The van der Waals surface area contributed by atoms with Crippen molar-refractivity contribution < 1.29 is 14.7 Å². The molecule has 0 spiro atoms. The highest BCUT2D eigenvalue weighted by atomic mass is 16.4. The summed E-state index contributed by atoms with van der Waals surface area (Å²) in [7, 11) is 0. The first-order valence-corrected chi connectivity index (χ1v) is 6.52. The Labute approximate surface area is 112 Å². The van der Waals surface area contributed by atoms with Crippen LogP contribution in [0.15, 0.2) is 24.4 Å². The Balaban J connectivity index is 2.06. The van der Waals surface area contributed by atoms with Crippen LogP contribution in [-0.4, -0.2) is 22.0 Å². The Morgan fingerprint density at radius 2 is 2.11 bits per heavy atom. The third kappa shape index (κ3) is 3.30. The Bertz CT molecular complexity index is 461. The molecule has 0 bridgehead atoms. The quantitative estimate of drug-likeness (QED) is 0.874. The molecule has 1 aromatic heterocycles. The number of hydrogen-bond acceptors (Lipinski definition) is 3. The number of hydrogen-bond donors (Lipinski definition) is 2. The van der Waals surface area contributed by atoms with E-state index in [1.807, 2.05) is 6.92 Å². The molecule has 1 aromatic rings. The predicted molar refractivity (Wildman–Crippen MR) is 70.5 cm³/mol. The van der Waals surface area contributed by atoms with Crippen molar-refractivity contribution >= 4 is 17.7 Å². The van der Waals surface area contributed by atoms with E-state index < -0.39 is 17.8 Å². The van der Waals surface area contributed by atoms with E-state index in [0.29, 0.717) is 24.6 Å². The average Bonchev–Trinajstić information content (AvgIpc) is 2.39. The number of carboxylic acid groups (broad SMARTS) is 1. The number of anilines is 1. The maximum absolute atomic E-state index is 12.2. The van der Waals surface area contributed by atoms with Crippen molar-refractivity contribution in [1.82, 2.24) is 4.98 Å². The lowest BCUT2D eigenvalue weighted by Gasteiger charge is -2.31. The number of pyridine rings is 1. The van der Waals surface area contributed by atoms with Gasteiger partial charge in [0.2, 0.25) is 5.91 Å². The Kier molecular flexibility index (Phi) is 4.14. The fourth-order valence-electron chi connectivity index (χ4n) is 2.62. The summed E-state index contributed by atoms with van der Waals surface area (Å²) in [4.78, 5) is 27.5. The molecule has 0 saturated heterocycles. The maximum atomic E-state index is 12.2. The lowest BCUT2D eigenvalue weighted by Crippen LogP contribution is -2.38. The van der Waals surface area contributed by atoms with Gasteiger partial charge < -0.3 is 10.4 Å². The topological polar surface area (TPSA) is 79.3 Å². The van der Waals surface area contributed by atoms with Crippen LogP contribution in [0.2, 0.25) is 0 Å². The number of rotatable bonds is 3. The minimum Gasteiger partial charge on any atom is -0.481 e. The van der Waals surface area contributed by atoms with Crippen molar-refractivity contribution in [2.24, 2.45) is 17.8 Å². The van der Waals surface area contributed by atoms with Gasteiger partial charge in [-0.1, -0.05) is 13.0 Å². The third-order valence-electron chi connectivity index (χ3n) is 3.68. The molecule has 0 radical (unpaired) electrons. The summed E-state index contributed by atoms with van der Waals surface area (Å²) in [5.41, 5.74) is 0. The van der Waals surface area contributed by atoms with Gasteiger partial charge in [0.05, 0.1) is 11.8 Å². The van der Waals surface area contributed by atoms with Gasteiger partial charge in [0.25, 0.3) is 0 Å². The van der Waals surface area contributed by atoms with Crippen molar-refractivity contribution in [3.05, 3.63) is 24.4 Å². The molecule has 0 aliphatic heterocycles. The zero-order valence-corrected chi connectivity index (χ0v) is 10.9. The van der Waals surface area contributed by atoms with E-state index >= 15 is 0 Å². The van der Waals surface area contributed by atoms with E-state index in [1.54, 1.807) is 24.4 Å². The number of carbonyl (C=O) groups excluding carboxylic acids is 1. The summed E-state index contributed by atoms with van der Waals surface area (Å²) in [5.74, 6) is -1.34. The van der Waals surface area contributed by atoms with Crippen molar-refractivity contribution in [3.63, 3.8) is 0 Å². The minimum absolute atomic E-state index is 0.238. The number of nitrogens with one attached hydrogen (secondary N) is 1. The fraction of sp³-hybridized carbons (Fsp3) is 0.500. The molecule has 19 heavy (non-hydrogen) atoms. The molecule has 2 rings (SSSR count). The third-order valence-corrected chi connectivity index (χ3v) is 3.68. The monoisotopic (exact) mass is 262 g/mol. The highest BCUT2D eigenvalue weighted by molar-refractivity contribution is 5.94. The number of aromatic nitrogens is 1. The summed E-state index contributed by atoms with van der Waals surface area (Å²) in [6.07, 6.45) is 3.67. The molecule has 1 aliphatic carbocycles. The first-order chi connectivity index (χ1) is 9.08. The smallest absolute Gasteiger partial charge is 0.307 e. The van der Waals surface area contributed by atoms with Gasteiger partial charge in [0.1, 0.15) is 5.82 Å². The second-order valence-corrected chi connectivity index (χ2v) is 5.17. The van der Waals surface area contributed by atoms with Crippen LogP contribution in [0.5, 0.6) is 0 Å². The van der Waals surface area contributed by atoms with Crippen LogP contribution < -0.4 is 5.32 Å². The second kappa shape index (κ2) is 5.82. The van der Waals surface area contributed by atoms with Gasteiger partial charge in [-0.05, 0) is 37.3 Å². The molecule has 0 aromatic carbocycles. The summed E-state index contributed by atoms with van der Waals surface area (Å²) in [6.45, 7) is 2.03. The Morgan fingerprint density at radius 1 is 1.32 bits per heavy atom. The Hall–Kier alpha value is -1.91. The van der Waals surface area contributed by atoms with Gasteiger partial charge >= 0.3 is 5.97 Å².